The largest absolute Gasteiger partial charge is 0.377 e. The number of aliphatic hydroxyl groups is 1. The van der Waals surface area contributed by atoms with Gasteiger partial charge in [0.15, 0.2) is 0 Å². The Morgan fingerprint density at radius 1 is 1.53 bits per heavy atom. The van der Waals surface area contributed by atoms with E-state index in [0.29, 0.717) is 12.5 Å². The molecule has 0 amide bonds. The molecule has 1 aliphatic heterocycles. The monoisotopic (exact) mass is 229 g/mol. The minimum absolute atomic E-state index is 0. The lowest BCUT2D eigenvalue weighted by molar-refractivity contribution is -0.0346. The Bertz CT molecular complexity index is 281. The van der Waals surface area contributed by atoms with Crippen LogP contribution in [0.2, 0.25) is 0 Å². The number of rotatable bonds is 0. The van der Waals surface area contributed by atoms with E-state index in [9.17, 15) is 5.11 Å². The van der Waals surface area contributed by atoms with Crippen LogP contribution in [0.4, 0.5) is 0 Å². The Balaban J connectivity index is 0.00000196. The van der Waals surface area contributed by atoms with E-state index < -0.39 is 5.60 Å². The van der Waals surface area contributed by atoms with Gasteiger partial charge in [-0.05, 0) is 20.0 Å². The fourth-order valence-electron chi connectivity index (χ4n) is 1.92. The first-order valence-electron chi connectivity index (χ1n) is 5.06. The van der Waals surface area contributed by atoms with E-state index in [1.165, 1.54) is 6.08 Å². The Kier molecular flexibility index (Phi) is 5.37. The summed E-state index contributed by atoms with van der Waals surface area (Å²) in [4.78, 5) is 2.26. The molecule has 1 rings (SSSR count). The molecular weight excluding hydrogens is 210 g/mol. The Morgan fingerprint density at radius 2 is 2.13 bits per heavy atom. The molecule has 0 saturated carbocycles. The Hall–Kier alpha value is -0.490. The van der Waals surface area contributed by atoms with E-state index in [-0.39, 0.29) is 18.3 Å². The summed E-state index contributed by atoms with van der Waals surface area (Å²) in [6, 6.07) is 0.385. The molecule has 1 heterocycles. The zero-order chi connectivity index (χ0) is 10.8. The molecule has 1 aliphatic rings. The van der Waals surface area contributed by atoms with Gasteiger partial charge in [-0.3, -0.25) is 0 Å². The van der Waals surface area contributed by atoms with E-state index in [2.05, 4.69) is 37.3 Å². The smallest absolute Gasteiger partial charge is 0.131 e. The van der Waals surface area contributed by atoms with E-state index in [4.69, 9.17) is 0 Å². The minimum atomic E-state index is -0.833. The van der Waals surface area contributed by atoms with Crippen LogP contribution < -0.4 is 0 Å². The molecule has 0 aliphatic carbocycles. The minimum Gasteiger partial charge on any atom is -0.377 e. The van der Waals surface area contributed by atoms with Gasteiger partial charge in [-0.15, -0.1) is 12.4 Å². The summed E-state index contributed by atoms with van der Waals surface area (Å²) in [6.07, 6.45) is 2.25. The molecule has 86 valence electrons. The topological polar surface area (TPSA) is 23.5 Å². The van der Waals surface area contributed by atoms with Crippen molar-refractivity contribution in [1.82, 2.24) is 4.90 Å². The molecule has 0 radical (unpaired) electrons. The fraction of sp³-hybridized carbons (Fsp3) is 0.667. The maximum Gasteiger partial charge on any atom is 0.131 e. The van der Waals surface area contributed by atoms with Crippen molar-refractivity contribution in [2.75, 3.05) is 13.6 Å². The van der Waals surface area contributed by atoms with Gasteiger partial charge < -0.3 is 10.0 Å². The van der Waals surface area contributed by atoms with Crippen LogP contribution in [0.3, 0.4) is 0 Å². The fourth-order valence-corrected chi connectivity index (χ4v) is 1.92. The van der Waals surface area contributed by atoms with Gasteiger partial charge in [0.25, 0.3) is 0 Å². The van der Waals surface area contributed by atoms with Crippen molar-refractivity contribution in [3.63, 3.8) is 0 Å². The molecule has 15 heavy (non-hydrogen) atoms. The standard InChI is InChI=1S/C12H19NO.ClH/c1-5-6-7-12(14)8-11(3)13(4)9-10(12)2;/h5,10-11,14H,1,8-9H2,2-4H3;1H. The average Bonchev–Trinajstić information content (AvgIpc) is 2.12. The van der Waals surface area contributed by atoms with Crippen LogP contribution in [0.1, 0.15) is 20.3 Å². The van der Waals surface area contributed by atoms with Gasteiger partial charge in [0.05, 0.1) is 0 Å². The summed E-state index contributed by atoms with van der Waals surface area (Å²) in [5.74, 6) is 5.87. The molecule has 3 heteroatoms. The SMILES string of the molecule is C=CC#CC1(O)CC(C)N(C)CC1C.Cl. The third-order valence-electron chi connectivity index (χ3n) is 3.13. The molecule has 3 unspecified atom stereocenters. The molecule has 0 aromatic carbocycles. The molecule has 1 fully saturated rings. The molecule has 3 atom stereocenters. The van der Waals surface area contributed by atoms with Crippen molar-refractivity contribution in [2.45, 2.75) is 31.9 Å². The van der Waals surface area contributed by atoms with Crippen molar-refractivity contribution in [2.24, 2.45) is 5.92 Å². The lowest BCUT2D eigenvalue weighted by Crippen LogP contribution is -2.52. The first-order valence-corrected chi connectivity index (χ1v) is 5.06. The molecule has 0 aromatic heterocycles. The highest BCUT2D eigenvalue weighted by Crippen LogP contribution is 2.30. The second-order valence-electron chi connectivity index (χ2n) is 4.29. The predicted octanol–water partition coefficient (Wildman–Crippen LogP) is 1.69. The highest BCUT2D eigenvalue weighted by Gasteiger charge is 2.39. The summed E-state index contributed by atoms with van der Waals surface area (Å²) >= 11 is 0. The third-order valence-corrected chi connectivity index (χ3v) is 3.13. The highest BCUT2D eigenvalue weighted by atomic mass is 35.5. The van der Waals surface area contributed by atoms with E-state index in [1.54, 1.807) is 0 Å². The molecule has 1 N–H and O–H groups in total. The number of likely N-dealkylation sites (tertiary alicyclic amines) is 1. The summed E-state index contributed by atoms with van der Waals surface area (Å²) < 4.78 is 0. The van der Waals surface area contributed by atoms with Crippen LogP contribution in [-0.2, 0) is 0 Å². The van der Waals surface area contributed by atoms with Gasteiger partial charge in [-0.2, -0.15) is 0 Å². The van der Waals surface area contributed by atoms with Gasteiger partial charge >= 0.3 is 0 Å². The van der Waals surface area contributed by atoms with Crippen LogP contribution in [0.25, 0.3) is 0 Å². The highest BCUT2D eigenvalue weighted by molar-refractivity contribution is 5.85. The van der Waals surface area contributed by atoms with Gasteiger partial charge in [0.1, 0.15) is 5.60 Å². The quantitative estimate of drug-likeness (QED) is 0.639. The molecular formula is C12H20ClNO. The van der Waals surface area contributed by atoms with Crippen LogP contribution in [0, 0.1) is 17.8 Å². The normalized spacial score (nSPS) is 36.0. The first-order chi connectivity index (χ1) is 6.49. The van der Waals surface area contributed by atoms with Gasteiger partial charge in [0, 0.05) is 24.9 Å². The lowest BCUT2D eigenvalue weighted by Gasteiger charge is -2.42. The van der Waals surface area contributed by atoms with Crippen molar-refractivity contribution >= 4 is 12.4 Å². The van der Waals surface area contributed by atoms with Gasteiger partial charge in [-0.1, -0.05) is 25.3 Å². The van der Waals surface area contributed by atoms with Crippen LogP contribution in [0.15, 0.2) is 12.7 Å². The number of hydrogen-bond acceptors (Lipinski definition) is 2. The average molecular weight is 230 g/mol. The molecule has 1 saturated heterocycles. The van der Waals surface area contributed by atoms with Gasteiger partial charge in [0.2, 0.25) is 0 Å². The van der Waals surface area contributed by atoms with Crippen molar-refractivity contribution < 1.29 is 5.11 Å². The summed E-state index contributed by atoms with van der Waals surface area (Å²) in [6.45, 7) is 8.59. The summed E-state index contributed by atoms with van der Waals surface area (Å²) in [7, 11) is 2.08. The summed E-state index contributed by atoms with van der Waals surface area (Å²) in [5, 5.41) is 10.3. The van der Waals surface area contributed by atoms with Crippen molar-refractivity contribution in [1.29, 1.82) is 0 Å². The molecule has 2 nitrogen and oxygen atoms in total. The number of nitrogens with zero attached hydrogens (tertiary/aromatic N) is 1. The number of halogens is 1. The number of piperidine rings is 1. The third kappa shape index (κ3) is 3.24. The lowest BCUT2D eigenvalue weighted by atomic mass is 9.79. The maximum absolute atomic E-state index is 10.3. The first kappa shape index (κ1) is 14.5. The van der Waals surface area contributed by atoms with E-state index in [1.807, 2.05) is 6.92 Å². The predicted molar refractivity (Wildman–Crippen MR) is 66.0 cm³/mol. The second kappa shape index (κ2) is 5.55. The van der Waals surface area contributed by atoms with E-state index in [0.717, 1.165) is 6.54 Å². The maximum atomic E-state index is 10.3. The Morgan fingerprint density at radius 3 is 2.67 bits per heavy atom. The zero-order valence-corrected chi connectivity index (χ0v) is 10.5. The van der Waals surface area contributed by atoms with Crippen LogP contribution >= 0.6 is 12.4 Å². The Labute approximate surface area is 98.8 Å². The van der Waals surface area contributed by atoms with Crippen LogP contribution in [-0.4, -0.2) is 35.2 Å². The zero-order valence-electron chi connectivity index (χ0n) is 9.66. The van der Waals surface area contributed by atoms with Gasteiger partial charge in [-0.25, -0.2) is 0 Å². The molecule has 0 bridgehead atoms. The van der Waals surface area contributed by atoms with Crippen molar-refractivity contribution in [3.05, 3.63) is 12.7 Å². The van der Waals surface area contributed by atoms with Crippen LogP contribution in [0.5, 0.6) is 0 Å². The number of hydrogen-bond donors (Lipinski definition) is 1. The molecule has 0 aromatic rings. The molecule has 0 spiro atoms. The second-order valence-corrected chi connectivity index (χ2v) is 4.29. The summed E-state index contributed by atoms with van der Waals surface area (Å²) in [5.41, 5.74) is -0.833. The van der Waals surface area contributed by atoms with E-state index >= 15 is 0 Å². The number of allylic oxidation sites excluding steroid dienone is 1. The van der Waals surface area contributed by atoms with Crippen molar-refractivity contribution in [3.8, 4) is 11.8 Å².